The van der Waals surface area contributed by atoms with E-state index in [1.54, 1.807) is 11.9 Å². The lowest BCUT2D eigenvalue weighted by Crippen LogP contribution is -2.05. The molecule has 0 spiro atoms. The van der Waals surface area contributed by atoms with Gasteiger partial charge in [0.1, 0.15) is 0 Å². The van der Waals surface area contributed by atoms with Crippen molar-refractivity contribution in [1.29, 1.82) is 0 Å². The van der Waals surface area contributed by atoms with Gasteiger partial charge in [0, 0.05) is 22.5 Å². The van der Waals surface area contributed by atoms with Crippen LogP contribution in [0.25, 0.3) is 0 Å². The third-order valence-electron chi connectivity index (χ3n) is 2.76. The maximum atomic E-state index is 5.39. The van der Waals surface area contributed by atoms with Gasteiger partial charge in [0.2, 0.25) is 6.79 Å². The zero-order valence-corrected chi connectivity index (χ0v) is 12.7. The summed E-state index contributed by atoms with van der Waals surface area (Å²) in [6.07, 6.45) is 0. The molecule has 19 heavy (non-hydrogen) atoms. The summed E-state index contributed by atoms with van der Waals surface area (Å²) < 4.78 is 13.9. The molecule has 2 aromatic rings. The molecule has 1 aliphatic rings. The monoisotopic (exact) mass is 337 g/mol. The molecule has 3 nitrogen and oxygen atoms in total. The van der Waals surface area contributed by atoms with E-state index in [9.17, 15) is 0 Å². The summed E-state index contributed by atoms with van der Waals surface area (Å²) in [5.74, 6) is 1.61. The molecular formula is C14H12BrNO2S. The molecule has 5 heteroatoms. The van der Waals surface area contributed by atoms with Crippen LogP contribution >= 0.6 is 27.9 Å². The van der Waals surface area contributed by atoms with Gasteiger partial charge >= 0.3 is 0 Å². The maximum Gasteiger partial charge on any atom is 0.231 e. The van der Waals surface area contributed by atoms with Crippen molar-refractivity contribution in [2.24, 2.45) is 0 Å². The zero-order chi connectivity index (χ0) is 13.2. The quantitative estimate of drug-likeness (QED) is 0.777. The van der Waals surface area contributed by atoms with E-state index < -0.39 is 0 Å². The molecular weight excluding hydrogens is 326 g/mol. The average molecular weight is 338 g/mol. The molecule has 1 aliphatic heterocycles. The Bertz CT molecular complexity index is 606. The summed E-state index contributed by atoms with van der Waals surface area (Å²) >= 11 is 5.14. The number of ether oxygens (including phenoxy) is 2. The van der Waals surface area contributed by atoms with E-state index in [4.69, 9.17) is 9.47 Å². The summed E-state index contributed by atoms with van der Waals surface area (Å²) in [5.41, 5.74) is 1.08. The highest BCUT2D eigenvalue weighted by molar-refractivity contribution is 9.10. The Morgan fingerprint density at radius 2 is 1.95 bits per heavy atom. The highest BCUT2D eigenvalue weighted by Gasteiger charge is 2.15. The minimum Gasteiger partial charge on any atom is -0.454 e. The van der Waals surface area contributed by atoms with Crippen LogP contribution in [0.1, 0.15) is 0 Å². The summed E-state index contributed by atoms with van der Waals surface area (Å²) in [7, 11) is 2.03. The van der Waals surface area contributed by atoms with Gasteiger partial charge in [-0.25, -0.2) is 0 Å². The van der Waals surface area contributed by atoms with E-state index in [0.717, 1.165) is 21.7 Å². The standard InChI is InChI=1S/C14H12BrNO2S/c1-16(19-12-4-2-3-10(15)7-12)11-5-6-13-14(8-11)18-9-17-13/h2-8H,9H2,1H3. The summed E-state index contributed by atoms with van der Waals surface area (Å²) in [6, 6.07) is 14.2. The Labute approximate surface area is 124 Å². The molecule has 3 rings (SSSR count). The number of nitrogens with zero attached hydrogens (tertiary/aromatic N) is 1. The van der Waals surface area contributed by atoms with E-state index in [0.29, 0.717) is 6.79 Å². The Hall–Kier alpha value is -1.33. The number of rotatable bonds is 3. The first-order valence-electron chi connectivity index (χ1n) is 5.79. The first-order valence-corrected chi connectivity index (χ1v) is 7.36. The van der Waals surface area contributed by atoms with Crippen molar-refractivity contribution in [2.75, 3.05) is 18.1 Å². The van der Waals surface area contributed by atoms with Crippen LogP contribution in [0.15, 0.2) is 51.8 Å². The second kappa shape index (κ2) is 5.35. The Balaban J connectivity index is 1.78. The van der Waals surface area contributed by atoms with Crippen molar-refractivity contribution < 1.29 is 9.47 Å². The zero-order valence-electron chi connectivity index (χ0n) is 10.3. The lowest BCUT2D eigenvalue weighted by atomic mass is 10.3. The molecule has 0 N–H and O–H groups in total. The van der Waals surface area contributed by atoms with E-state index in [-0.39, 0.29) is 0 Å². The van der Waals surface area contributed by atoms with Gasteiger partial charge in [0.25, 0.3) is 0 Å². The first-order chi connectivity index (χ1) is 9.22. The lowest BCUT2D eigenvalue weighted by Gasteiger charge is -2.18. The van der Waals surface area contributed by atoms with Crippen molar-refractivity contribution in [3.8, 4) is 11.5 Å². The van der Waals surface area contributed by atoms with E-state index in [1.807, 2.05) is 37.4 Å². The third-order valence-corrected chi connectivity index (χ3v) is 4.20. The number of benzene rings is 2. The van der Waals surface area contributed by atoms with E-state index >= 15 is 0 Å². The maximum absolute atomic E-state index is 5.39. The highest BCUT2D eigenvalue weighted by atomic mass is 79.9. The SMILES string of the molecule is CN(Sc1cccc(Br)c1)c1ccc2c(c1)OCO2. The molecule has 0 bridgehead atoms. The summed E-state index contributed by atoms with van der Waals surface area (Å²) in [6.45, 7) is 0.307. The van der Waals surface area contributed by atoms with Crippen LogP contribution in [-0.4, -0.2) is 13.8 Å². The van der Waals surface area contributed by atoms with Gasteiger partial charge in [-0.15, -0.1) is 0 Å². The molecule has 0 aromatic heterocycles. The summed E-state index contributed by atoms with van der Waals surface area (Å²) in [5, 5.41) is 0. The Morgan fingerprint density at radius 1 is 1.11 bits per heavy atom. The van der Waals surface area contributed by atoms with Gasteiger partial charge in [-0.2, -0.15) is 0 Å². The molecule has 98 valence electrons. The highest BCUT2D eigenvalue weighted by Crippen LogP contribution is 2.37. The van der Waals surface area contributed by atoms with Crippen LogP contribution in [0.2, 0.25) is 0 Å². The van der Waals surface area contributed by atoms with Crippen LogP contribution in [0.3, 0.4) is 0 Å². The first kappa shape index (κ1) is 12.7. The van der Waals surface area contributed by atoms with E-state index in [1.165, 1.54) is 4.90 Å². The molecule has 0 atom stereocenters. The van der Waals surface area contributed by atoms with Crippen LogP contribution in [0.5, 0.6) is 11.5 Å². The number of hydrogen-bond acceptors (Lipinski definition) is 4. The number of anilines is 1. The number of halogens is 1. The topological polar surface area (TPSA) is 21.7 Å². The fourth-order valence-electron chi connectivity index (χ4n) is 1.82. The molecule has 0 amide bonds. The van der Waals surface area contributed by atoms with Crippen LogP contribution in [0.4, 0.5) is 5.69 Å². The molecule has 0 saturated carbocycles. The minimum absolute atomic E-state index is 0.307. The normalized spacial score (nSPS) is 12.5. The van der Waals surface area contributed by atoms with Crippen molar-refractivity contribution in [3.05, 3.63) is 46.9 Å². The van der Waals surface area contributed by atoms with Crippen molar-refractivity contribution >= 4 is 33.6 Å². The van der Waals surface area contributed by atoms with Crippen LogP contribution < -0.4 is 13.8 Å². The minimum atomic E-state index is 0.307. The van der Waals surface area contributed by atoms with Gasteiger partial charge in [0.05, 0.1) is 5.69 Å². The van der Waals surface area contributed by atoms with Gasteiger partial charge in [-0.3, -0.25) is 0 Å². The molecule has 0 aliphatic carbocycles. The molecule has 0 saturated heterocycles. The van der Waals surface area contributed by atoms with Crippen molar-refractivity contribution in [1.82, 2.24) is 0 Å². The third kappa shape index (κ3) is 2.82. The fraction of sp³-hybridized carbons (Fsp3) is 0.143. The summed E-state index contributed by atoms with van der Waals surface area (Å²) in [4.78, 5) is 1.18. The average Bonchev–Trinajstić information content (AvgIpc) is 2.85. The van der Waals surface area contributed by atoms with Crippen LogP contribution in [-0.2, 0) is 0 Å². The molecule has 0 unspecified atom stereocenters. The second-order valence-electron chi connectivity index (χ2n) is 4.08. The number of fused-ring (bicyclic) bond motifs is 1. The predicted octanol–water partition coefficient (Wildman–Crippen LogP) is 4.32. The largest absolute Gasteiger partial charge is 0.454 e. The van der Waals surface area contributed by atoms with E-state index in [2.05, 4.69) is 32.4 Å². The molecule has 1 heterocycles. The lowest BCUT2D eigenvalue weighted by molar-refractivity contribution is 0.174. The van der Waals surface area contributed by atoms with Gasteiger partial charge in [-0.05, 0) is 42.3 Å². The van der Waals surface area contributed by atoms with Gasteiger partial charge in [-0.1, -0.05) is 22.0 Å². The smallest absolute Gasteiger partial charge is 0.231 e. The predicted molar refractivity (Wildman–Crippen MR) is 81.0 cm³/mol. The Kier molecular flexibility index (Phi) is 3.57. The molecule has 2 aromatic carbocycles. The van der Waals surface area contributed by atoms with Gasteiger partial charge in [0.15, 0.2) is 11.5 Å². The molecule has 0 fully saturated rings. The molecule has 0 radical (unpaired) electrons. The van der Waals surface area contributed by atoms with Crippen molar-refractivity contribution in [2.45, 2.75) is 4.90 Å². The van der Waals surface area contributed by atoms with Crippen molar-refractivity contribution in [3.63, 3.8) is 0 Å². The number of hydrogen-bond donors (Lipinski definition) is 0. The van der Waals surface area contributed by atoms with Gasteiger partial charge < -0.3 is 13.8 Å². The second-order valence-corrected chi connectivity index (χ2v) is 6.20. The Morgan fingerprint density at radius 3 is 2.79 bits per heavy atom. The fourth-order valence-corrected chi connectivity index (χ4v) is 3.22. The van der Waals surface area contributed by atoms with Crippen LogP contribution in [0, 0.1) is 0 Å².